The first kappa shape index (κ1) is 21.4. The van der Waals surface area contributed by atoms with Crippen molar-refractivity contribution in [3.63, 3.8) is 0 Å². The quantitative estimate of drug-likeness (QED) is 0.635. The number of carbonyl (C=O) groups is 2. The molecule has 2 atom stereocenters. The van der Waals surface area contributed by atoms with Crippen LogP contribution in [0.5, 0.6) is 0 Å². The number of ketones is 1. The number of benzene rings is 1. The molecular weight excluding hydrogens is 428 g/mol. The number of nitrogens with one attached hydrogen (secondary N) is 1. The van der Waals surface area contributed by atoms with Crippen LogP contribution < -0.4 is 5.32 Å². The lowest BCUT2D eigenvalue weighted by Crippen LogP contribution is -2.24. The average Bonchev–Trinajstić information content (AvgIpc) is 3.68. The number of nitrogens with zero attached hydrogens (tertiary/aromatic N) is 1. The summed E-state index contributed by atoms with van der Waals surface area (Å²) in [6.45, 7) is 1.76. The van der Waals surface area contributed by atoms with Crippen LogP contribution in [-0.4, -0.2) is 30.5 Å². The van der Waals surface area contributed by atoms with E-state index in [9.17, 15) is 18.0 Å². The van der Waals surface area contributed by atoms with Crippen molar-refractivity contribution in [3.05, 3.63) is 41.2 Å². The lowest BCUT2D eigenvalue weighted by molar-refractivity contribution is -0.119. The fraction of sp³-hybridized carbons (Fsp3) is 0.542. The Balaban J connectivity index is 1.47. The third-order valence-corrected chi connectivity index (χ3v) is 9.17. The molecule has 1 N–H and O–H groups in total. The predicted octanol–water partition coefficient (Wildman–Crippen LogP) is 4.28. The Hall–Kier alpha value is -2.48. The van der Waals surface area contributed by atoms with Gasteiger partial charge in [-0.25, -0.2) is 8.42 Å². The first-order chi connectivity index (χ1) is 15.3. The van der Waals surface area contributed by atoms with E-state index < -0.39 is 15.8 Å². The van der Waals surface area contributed by atoms with Crippen molar-refractivity contribution >= 4 is 27.3 Å². The van der Waals surface area contributed by atoms with E-state index in [1.165, 1.54) is 0 Å². The van der Waals surface area contributed by atoms with Crippen molar-refractivity contribution in [1.29, 1.82) is 0 Å². The number of aryl methyl sites for hydroxylation is 1. The number of Topliss-reactive ketones (excluding diaryl/α,β-unsaturated/α-hetero) is 1. The molecule has 170 valence electrons. The number of amides is 1. The van der Waals surface area contributed by atoms with Gasteiger partial charge in [-0.3, -0.25) is 9.59 Å². The smallest absolute Gasteiger partial charge is 0.233 e. The lowest BCUT2D eigenvalue weighted by atomic mass is 9.86. The molecular formula is C24H28N2O5S. The molecule has 0 spiro atoms. The summed E-state index contributed by atoms with van der Waals surface area (Å²) < 4.78 is 31.0. The van der Waals surface area contributed by atoms with Crippen LogP contribution in [0.25, 0.3) is 0 Å². The maximum absolute atomic E-state index is 13.3. The van der Waals surface area contributed by atoms with Crippen molar-refractivity contribution in [2.45, 2.75) is 80.3 Å². The Morgan fingerprint density at radius 2 is 1.97 bits per heavy atom. The first-order valence-corrected chi connectivity index (χ1v) is 13.0. The van der Waals surface area contributed by atoms with Crippen molar-refractivity contribution in [2.24, 2.45) is 5.92 Å². The second-order valence-electron chi connectivity index (χ2n) is 9.56. The Morgan fingerprint density at radius 1 is 1.19 bits per heavy atom. The van der Waals surface area contributed by atoms with Crippen molar-refractivity contribution in [3.8, 4) is 0 Å². The molecule has 8 heteroatoms. The Labute approximate surface area is 187 Å². The molecule has 0 radical (unpaired) electrons. The maximum atomic E-state index is 13.3. The zero-order chi connectivity index (χ0) is 22.5. The van der Waals surface area contributed by atoms with E-state index in [0.717, 1.165) is 43.2 Å². The SMILES string of the molecule is Cc1cc(NC(=O)[C@H](C[C@H]2CCC(=O)C2)c2ccc(S(=O)(=O)C3CC3)c(C3CC3)c2)no1. The number of anilines is 1. The highest BCUT2D eigenvalue weighted by atomic mass is 32.2. The van der Waals surface area contributed by atoms with Crippen LogP contribution in [0.2, 0.25) is 0 Å². The molecule has 3 fully saturated rings. The van der Waals surface area contributed by atoms with Gasteiger partial charge in [0.05, 0.1) is 16.1 Å². The average molecular weight is 457 g/mol. The molecule has 3 saturated carbocycles. The minimum absolute atomic E-state index is 0.150. The van der Waals surface area contributed by atoms with Gasteiger partial charge in [-0.05, 0) is 74.5 Å². The minimum Gasteiger partial charge on any atom is -0.360 e. The number of carbonyl (C=O) groups excluding carboxylic acids is 2. The Bertz CT molecular complexity index is 1160. The van der Waals surface area contributed by atoms with Crippen LogP contribution in [0.1, 0.15) is 80.1 Å². The molecule has 1 heterocycles. The zero-order valence-electron chi connectivity index (χ0n) is 18.2. The summed E-state index contributed by atoms with van der Waals surface area (Å²) in [7, 11) is -3.31. The van der Waals surface area contributed by atoms with E-state index in [2.05, 4.69) is 10.5 Å². The van der Waals surface area contributed by atoms with Gasteiger partial charge in [0.25, 0.3) is 0 Å². The molecule has 1 aromatic carbocycles. The van der Waals surface area contributed by atoms with Gasteiger partial charge < -0.3 is 9.84 Å². The van der Waals surface area contributed by atoms with Crippen LogP contribution in [0.15, 0.2) is 33.7 Å². The van der Waals surface area contributed by atoms with Crippen LogP contribution in [0, 0.1) is 12.8 Å². The summed E-state index contributed by atoms with van der Waals surface area (Å²) in [6.07, 6.45) is 5.80. The van der Waals surface area contributed by atoms with Gasteiger partial charge in [-0.2, -0.15) is 0 Å². The monoisotopic (exact) mass is 456 g/mol. The molecule has 5 rings (SSSR count). The molecule has 0 bridgehead atoms. The Kier molecular flexibility index (Phi) is 5.43. The van der Waals surface area contributed by atoms with Gasteiger partial charge in [0.1, 0.15) is 11.5 Å². The van der Waals surface area contributed by atoms with Gasteiger partial charge in [0.15, 0.2) is 15.7 Å². The molecule has 7 nitrogen and oxygen atoms in total. The zero-order valence-corrected chi connectivity index (χ0v) is 19.0. The standard InChI is InChI=1S/C24H28N2O5S/c1-14-10-23(26-31-14)25-24(28)21(12-15-2-6-18(27)11-15)17-5-9-22(20(13-17)16-3-4-16)32(29,30)19-7-8-19/h5,9-10,13,15-16,19,21H,2-4,6-8,11-12H2,1H3,(H,25,26,28)/t15-,21+/m0/s1. The third kappa shape index (κ3) is 4.37. The lowest BCUT2D eigenvalue weighted by Gasteiger charge is -2.21. The molecule has 0 unspecified atom stereocenters. The number of hydrogen-bond acceptors (Lipinski definition) is 6. The highest BCUT2D eigenvalue weighted by molar-refractivity contribution is 7.92. The fourth-order valence-electron chi connectivity index (χ4n) is 4.77. The second-order valence-corrected chi connectivity index (χ2v) is 11.8. The number of hydrogen-bond donors (Lipinski definition) is 1. The molecule has 3 aliphatic carbocycles. The van der Waals surface area contributed by atoms with Crippen LogP contribution in [0.3, 0.4) is 0 Å². The third-order valence-electron chi connectivity index (χ3n) is 6.84. The molecule has 0 saturated heterocycles. The topological polar surface area (TPSA) is 106 Å². The summed E-state index contributed by atoms with van der Waals surface area (Å²) >= 11 is 0. The summed E-state index contributed by atoms with van der Waals surface area (Å²) in [6, 6.07) is 7.09. The number of sulfone groups is 1. The molecule has 0 aliphatic heterocycles. The summed E-state index contributed by atoms with van der Waals surface area (Å²) in [5.41, 5.74) is 1.66. The first-order valence-electron chi connectivity index (χ1n) is 11.4. The van der Waals surface area contributed by atoms with Crippen LogP contribution >= 0.6 is 0 Å². The van der Waals surface area contributed by atoms with E-state index in [0.29, 0.717) is 35.7 Å². The minimum atomic E-state index is -3.31. The van der Waals surface area contributed by atoms with E-state index >= 15 is 0 Å². The van der Waals surface area contributed by atoms with Crippen LogP contribution in [0.4, 0.5) is 5.82 Å². The fourth-order valence-corrected chi connectivity index (χ4v) is 6.70. The summed E-state index contributed by atoms with van der Waals surface area (Å²) in [5, 5.41) is 6.44. The van der Waals surface area contributed by atoms with E-state index in [1.54, 1.807) is 25.1 Å². The van der Waals surface area contributed by atoms with E-state index in [-0.39, 0.29) is 28.8 Å². The largest absolute Gasteiger partial charge is 0.360 e. The van der Waals surface area contributed by atoms with E-state index in [4.69, 9.17) is 4.52 Å². The van der Waals surface area contributed by atoms with Crippen molar-refractivity contribution < 1.29 is 22.5 Å². The van der Waals surface area contributed by atoms with Crippen LogP contribution in [-0.2, 0) is 19.4 Å². The van der Waals surface area contributed by atoms with Gasteiger partial charge in [-0.1, -0.05) is 17.3 Å². The molecule has 1 amide bonds. The summed E-state index contributed by atoms with van der Waals surface area (Å²) in [5.74, 6) is 0.894. The van der Waals surface area contributed by atoms with Gasteiger partial charge in [0, 0.05) is 18.9 Å². The highest BCUT2D eigenvalue weighted by Gasteiger charge is 2.41. The van der Waals surface area contributed by atoms with E-state index in [1.807, 2.05) is 6.07 Å². The number of rotatable bonds is 8. The van der Waals surface area contributed by atoms with Crippen molar-refractivity contribution in [2.75, 3.05) is 5.32 Å². The molecule has 2 aromatic rings. The molecule has 3 aliphatic rings. The number of aromatic nitrogens is 1. The normalized spacial score (nSPS) is 22.2. The molecule has 32 heavy (non-hydrogen) atoms. The molecule has 1 aromatic heterocycles. The van der Waals surface area contributed by atoms with Gasteiger partial charge in [0.2, 0.25) is 5.91 Å². The van der Waals surface area contributed by atoms with Gasteiger partial charge in [-0.15, -0.1) is 0 Å². The summed E-state index contributed by atoms with van der Waals surface area (Å²) in [4.78, 5) is 25.6. The second kappa shape index (κ2) is 8.14. The van der Waals surface area contributed by atoms with Gasteiger partial charge >= 0.3 is 0 Å². The van der Waals surface area contributed by atoms with Crippen molar-refractivity contribution in [1.82, 2.24) is 5.16 Å². The highest BCUT2D eigenvalue weighted by Crippen LogP contribution is 2.47. The maximum Gasteiger partial charge on any atom is 0.233 e. The predicted molar refractivity (Wildman–Crippen MR) is 118 cm³/mol. The Morgan fingerprint density at radius 3 is 2.56 bits per heavy atom.